The van der Waals surface area contributed by atoms with Gasteiger partial charge in [0, 0.05) is 25.3 Å². The summed E-state index contributed by atoms with van der Waals surface area (Å²) in [6.45, 7) is 1.91. The molecular weight excluding hydrogens is 276 g/mol. The summed E-state index contributed by atoms with van der Waals surface area (Å²) in [5.41, 5.74) is 12.6. The van der Waals surface area contributed by atoms with E-state index in [1.165, 1.54) is 6.42 Å². The molecule has 0 aliphatic carbocycles. The third kappa shape index (κ3) is 2.99. The minimum absolute atomic E-state index is 0.373. The molecule has 1 aromatic rings. The van der Waals surface area contributed by atoms with Crippen LogP contribution in [-0.4, -0.2) is 44.0 Å². The minimum Gasteiger partial charge on any atom is -0.399 e. The van der Waals surface area contributed by atoms with Gasteiger partial charge in [-0.25, -0.2) is 0 Å². The lowest BCUT2D eigenvalue weighted by Gasteiger charge is -2.29. The molecule has 1 atom stereocenters. The van der Waals surface area contributed by atoms with Crippen molar-refractivity contribution in [3.05, 3.63) is 22.7 Å². The number of hydrogen-bond donors (Lipinski definition) is 2. The summed E-state index contributed by atoms with van der Waals surface area (Å²) in [5, 5.41) is 0.460. The van der Waals surface area contributed by atoms with E-state index in [1.807, 2.05) is 11.9 Å². The van der Waals surface area contributed by atoms with Gasteiger partial charge in [-0.05, 0) is 38.6 Å². The van der Waals surface area contributed by atoms with Crippen molar-refractivity contribution in [2.45, 2.75) is 18.9 Å². The van der Waals surface area contributed by atoms with Crippen molar-refractivity contribution in [3.63, 3.8) is 0 Å². The van der Waals surface area contributed by atoms with Crippen LogP contribution in [0.4, 0.5) is 11.4 Å². The summed E-state index contributed by atoms with van der Waals surface area (Å²) in [5.74, 6) is -0.513. The first-order valence-electron chi connectivity index (χ1n) is 6.70. The highest BCUT2D eigenvalue weighted by atomic mass is 35.5. The van der Waals surface area contributed by atoms with Gasteiger partial charge in [-0.2, -0.15) is 0 Å². The van der Waals surface area contributed by atoms with Gasteiger partial charge in [-0.1, -0.05) is 11.6 Å². The first-order chi connectivity index (χ1) is 9.40. The Morgan fingerprint density at radius 2 is 2.25 bits per heavy atom. The average Bonchev–Trinajstić information content (AvgIpc) is 2.73. The maximum atomic E-state index is 11.6. The number of likely N-dealkylation sites (tertiary alicyclic amines) is 1. The Hall–Kier alpha value is -1.46. The number of halogens is 1. The predicted octanol–water partition coefficient (Wildman–Crippen LogP) is 1.55. The minimum atomic E-state index is -0.513. The summed E-state index contributed by atoms with van der Waals surface area (Å²) < 4.78 is 0. The molecule has 5 nitrogen and oxygen atoms in total. The second-order valence-electron chi connectivity index (χ2n) is 5.42. The number of nitrogens with zero attached hydrogens (tertiary/aromatic N) is 2. The molecule has 4 N–H and O–H groups in total. The number of rotatable bonds is 4. The van der Waals surface area contributed by atoms with Gasteiger partial charge in [0.05, 0.1) is 16.3 Å². The van der Waals surface area contributed by atoms with Crippen LogP contribution < -0.4 is 16.4 Å². The van der Waals surface area contributed by atoms with Crippen molar-refractivity contribution >= 4 is 28.9 Å². The van der Waals surface area contributed by atoms with Crippen LogP contribution in [0.1, 0.15) is 23.2 Å². The van der Waals surface area contributed by atoms with Crippen molar-refractivity contribution in [2.24, 2.45) is 5.73 Å². The number of amides is 1. The van der Waals surface area contributed by atoms with Gasteiger partial charge in [-0.15, -0.1) is 0 Å². The van der Waals surface area contributed by atoms with E-state index in [-0.39, 0.29) is 0 Å². The number of likely N-dealkylation sites (N-methyl/N-ethyl adjacent to an activating group) is 2. The first kappa shape index (κ1) is 14.9. The van der Waals surface area contributed by atoms with Crippen LogP contribution in [0.3, 0.4) is 0 Å². The number of hydrogen-bond acceptors (Lipinski definition) is 4. The molecular formula is C14H21ClN4O. The van der Waals surface area contributed by atoms with Crippen molar-refractivity contribution in [1.82, 2.24) is 4.90 Å². The number of nitrogen functional groups attached to an aromatic ring is 1. The van der Waals surface area contributed by atoms with E-state index in [9.17, 15) is 4.79 Å². The maximum Gasteiger partial charge on any atom is 0.250 e. The highest BCUT2D eigenvalue weighted by molar-refractivity contribution is 6.34. The van der Waals surface area contributed by atoms with Crippen LogP contribution in [0.5, 0.6) is 0 Å². The number of benzene rings is 1. The van der Waals surface area contributed by atoms with Crippen molar-refractivity contribution in [2.75, 3.05) is 37.8 Å². The zero-order valence-corrected chi connectivity index (χ0v) is 12.7. The summed E-state index contributed by atoms with van der Waals surface area (Å²) in [4.78, 5) is 15.9. The van der Waals surface area contributed by atoms with E-state index in [0.29, 0.717) is 28.0 Å². The Morgan fingerprint density at radius 1 is 1.55 bits per heavy atom. The summed E-state index contributed by atoms with van der Waals surface area (Å²) in [6, 6.07) is 3.70. The molecule has 1 unspecified atom stereocenters. The van der Waals surface area contributed by atoms with E-state index < -0.39 is 5.91 Å². The topological polar surface area (TPSA) is 75.6 Å². The molecule has 0 radical (unpaired) electrons. The van der Waals surface area contributed by atoms with Gasteiger partial charge in [0.1, 0.15) is 0 Å². The van der Waals surface area contributed by atoms with Crippen LogP contribution in [-0.2, 0) is 0 Å². The van der Waals surface area contributed by atoms with Gasteiger partial charge in [0.15, 0.2) is 0 Å². The van der Waals surface area contributed by atoms with E-state index in [1.54, 1.807) is 12.1 Å². The van der Waals surface area contributed by atoms with Crippen LogP contribution in [0, 0.1) is 0 Å². The molecule has 1 aliphatic rings. The monoisotopic (exact) mass is 296 g/mol. The summed E-state index contributed by atoms with van der Waals surface area (Å²) >= 11 is 6.25. The molecule has 1 saturated heterocycles. The molecule has 2 rings (SSSR count). The largest absolute Gasteiger partial charge is 0.399 e. The van der Waals surface area contributed by atoms with E-state index >= 15 is 0 Å². The lowest BCUT2D eigenvalue weighted by Crippen LogP contribution is -2.37. The fourth-order valence-electron chi connectivity index (χ4n) is 2.81. The third-order valence-corrected chi connectivity index (χ3v) is 4.18. The quantitative estimate of drug-likeness (QED) is 0.827. The van der Waals surface area contributed by atoms with Gasteiger partial charge in [0.2, 0.25) is 0 Å². The molecule has 110 valence electrons. The zero-order chi connectivity index (χ0) is 14.9. The maximum absolute atomic E-state index is 11.6. The molecule has 0 bridgehead atoms. The van der Waals surface area contributed by atoms with Gasteiger partial charge < -0.3 is 21.3 Å². The molecule has 0 aromatic heterocycles. The normalized spacial score (nSPS) is 19.2. The fraction of sp³-hybridized carbons (Fsp3) is 0.500. The van der Waals surface area contributed by atoms with Crippen LogP contribution in [0.25, 0.3) is 0 Å². The van der Waals surface area contributed by atoms with Gasteiger partial charge >= 0.3 is 0 Å². The summed E-state index contributed by atoms with van der Waals surface area (Å²) in [7, 11) is 4.04. The summed E-state index contributed by atoms with van der Waals surface area (Å²) in [6.07, 6.45) is 2.35. The average molecular weight is 297 g/mol. The molecule has 1 amide bonds. The smallest absolute Gasteiger partial charge is 0.250 e. The number of anilines is 2. The Labute approximate surface area is 124 Å². The number of carbonyl (C=O) groups is 1. The highest BCUT2D eigenvalue weighted by Gasteiger charge is 2.24. The van der Waals surface area contributed by atoms with Crippen LogP contribution >= 0.6 is 11.6 Å². The Morgan fingerprint density at radius 3 is 2.80 bits per heavy atom. The van der Waals surface area contributed by atoms with Gasteiger partial charge in [-0.3, -0.25) is 4.79 Å². The molecule has 6 heteroatoms. The van der Waals surface area contributed by atoms with Crippen LogP contribution in [0.15, 0.2) is 12.1 Å². The van der Waals surface area contributed by atoms with E-state index in [0.717, 1.165) is 19.5 Å². The number of carbonyl (C=O) groups excluding carboxylic acids is 1. The predicted molar refractivity (Wildman–Crippen MR) is 83.3 cm³/mol. The lowest BCUT2D eigenvalue weighted by atomic mass is 10.1. The van der Waals surface area contributed by atoms with Crippen molar-refractivity contribution in [3.8, 4) is 0 Å². The molecule has 20 heavy (non-hydrogen) atoms. The first-order valence-corrected chi connectivity index (χ1v) is 7.08. The van der Waals surface area contributed by atoms with Crippen molar-refractivity contribution in [1.29, 1.82) is 0 Å². The highest BCUT2D eigenvalue weighted by Crippen LogP contribution is 2.32. The molecule has 1 aliphatic heterocycles. The Kier molecular flexibility index (Phi) is 4.40. The van der Waals surface area contributed by atoms with E-state index in [4.69, 9.17) is 23.1 Å². The van der Waals surface area contributed by atoms with Gasteiger partial charge in [0.25, 0.3) is 5.91 Å². The fourth-order valence-corrected chi connectivity index (χ4v) is 3.19. The Balaban J connectivity index is 2.28. The molecule has 1 heterocycles. The molecule has 1 aromatic carbocycles. The number of nitrogens with two attached hydrogens (primary N) is 2. The van der Waals surface area contributed by atoms with Crippen LogP contribution in [0.2, 0.25) is 5.02 Å². The Bertz CT molecular complexity index is 520. The molecule has 0 spiro atoms. The zero-order valence-electron chi connectivity index (χ0n) is 11.9. The molecule has 1 fully saturated rings. The van der Waals surface area contributed by atoms with E-state index in [2.05, 4.69) is 11.9 Å². The van der Waals surface area contributed by atoms with Crippen molar-refractivity contribution < 1.29 is 4.79 Å². The molecule has 0 saturated carbocycles. The lowest BCUT2D eigenvalue weighted by molar-refractivity contribution is 0.100. The second kappa shape index (κ2) is 5.89. The standard InChI is InChI=1S/C14H21ClN4O/c1-18-5-3-4-10(18)8-19(2)13-11(14(17)20)6-9(16)7-12(13)15/h6-7,10H,3-5,8,16H2,1-2H3,(H2,17,20). The SMILES string of the molecule is CN(CC1CCCN1C)c1c(Cl)cc(N)cc1C(N)=O. The number of primary amides is 1. The second-order valence-corrected chi connectivity index (χ2v) is 5.83. The third-order valence-electron chi connectivity index (χ3n) is 3.89.